The molecule has 1 fully saturated rings. The van der Waals surface area contributed by atoms with Gasteiger partial charge in [0.15, 0.2) is 0 Å². The summed E-state index contributed by atoms with van der Waals surface area (Å²) in [6.07, 6.45) is 7.26. The fraction of sp³-hybridized carbons (Fsp3) is 0.412. The topological polar surface area (TPSA) is 83.0 Å². The molecule has 1 saturated heterocycles. The standard InChI is InChI=1S/C17H22N6O/c1-23(2)16(24)13-8-12(9-19-10-13)15-5-7-20-17(22-15)21-14-4-3-6-18-11-14/h5,7-10,14,18H,3-4,6,11H2,1-2H3,(H,20,21,22). The van der Waals surface area contributed by atoms with Crippen molar-refractivity contribution in [3.8, 4) is 11.3 Å². The van der Waals surface area contributed by atoms with Gasteiger partial charge < -0.3 is 15.5 Å². The van der Waals surface area contributed by atoms with Crippen molar-refractivity contribution < 1.29 is 4.79 Å². The van der Waals surface area contributed by atoms with Crippen LogP contribution in [0.2, 0.25) is 0 Å². The number of carbonyl (C=O) groups is 1. The molecule has 1 aliphatic heterocycles. The molecule has 1 atom stereocenters. The van der Waals surface area contributed by atoms with Gasteiger partial charge in [0.05, 0.1) is 11.3 Å². The number of rotatable bonds is 4. The summed E-state index contributed by atoms with van der Waals surface area (Å²) in [7, 11) is 3.44. The first-order chi connectivity index (χ1) is 11.6. The van der Waals surface area contributed by atoms with Crippen molar-refractivity contribution in [3.05, 3.63) is 36.3 Å². The fourth-order valence-electron chi connectivity index (χ4n) is 2.70. The number of amides is 1. The van der Waals surface area contributed by atoms with Gasteiger partial charge in [-0.2, -0.15) is 0 Å². The average Bonchev–Trinajstić information content (AvgIpc) is 2.62. The maximum Gasteiger partial charge on any atom is 0.254 e. The molecule has 0 aliphatic carbocycles. The van der Waals surface area contributed by atoms with Gasteiger partial charge in [-0.25, -0.2) is 9.97 Å². The largest absolute Gasteiger partial charge is 0.350 e. The van der Waals surface area contributed by atoms with Crippen LogP contribution in [-0.2, 0) is 0 Å². The second kappa shape index (κ2) is 7.35. The Morgan fingerprint density at radius 3 is 3.00 bits per heavy atom. The highest BCUT2D eigenvalue weighted by molar-refractivity contribution is 5.94. The van der Waals surface area contributed by atoms with Crippen LogP contribution >= 0.6 is 0 Å². The lowest BCUT2D eigenvalue weighted by atomic mass is 10.1. The number of hydrogen-bond donors (Lipinski definition) is 2. The van der Waals surface area contributed by atoms with Crippen LogP contribution in [-0.4, -0.2) is 59.0 Å². The molecule has 1 aliphatic rings. The first kappa shape index (κ1) is 16.3. The number of aromatic nitrogens is 3. The van der Waals surface area contributed by atoms with Gasteiger partial charge in [0, 0.05) is 50.8 Å². The second-order valence-electron chi connectivity index (χ2n) is 6.11. The molecular formula is C17H22N6O. The number of nitrogens with zero attached hydrogens (tertiary/aromatic N) is 4. The zero-order valence-corrected chi connectivity index (χ0v) is 14.0. The van der Waals surface area contributed by atoms with E-state index >= 15 is 0 Å². The van der Waals surface area contributed by atoms with Crippen LogP contribution in [0.25, 0.3) is 11.3 Å². The van der Waals surface area contributed by atoms with Crippen LogP contribution < -0.4 is 10.6 Å². The Balaban J connectivity index is 1.80. The molecule has 0 aromatic carbocycles. The van der Waals surface area contributed by atoms with E-state index in [0.29, 0.717) is 17.6 Å². The van der Waals surface area contributed by atoms with E-state index < -0.39 is 0 Å². The minimum atomic E-state index is -0.0787. The van der Waals surface area contributed by atoms with Gasteiger partial charge in [-0.15, -0.1) is 0 Å². The zero-order chi connectivity index (χ0) is 16.9. The predicted octanol–water partition coefficient (Wildman–Crippen LogP) is 1.40. The molecule has 2 aromatic heterocycles. The van der Waals surface area contributed by atoms with Gasteiger partial charge in [0.25, 0.3) is 5.91 Å². The minimum absolute atomic E-state index is 0.0787. The molecule has 1 unspecified atom stereocenters. The zero-order valence-electron chi connectivity index (χ0n) is 14.0. The number of piperidine rings is 1. The summed E-state index contributed by atoms with van der Waals surface area (Å²) in [5, 5.41) is 6.73. The smallest absolute Gasteiger partial charge is 0.254 e. The molecule has 24 heavy (non-hydrogen) atoms. The lowest BCUT2D eigenvalue weighted by Gasteiger charge is -2.23. The third-order valence-corrected chi connectivity index (χ3v) is 3.97. The van der Waals surface area contributed by atoms with Crippen molar-refractivity contribution in [2.45, 2.75) is 18.9 Å². The van der Waals surface area contributed by atoms with Crippen molar-refractivity contribution in [2.24, 2.45) is 0 Å². The summed E-state index contributed by atoms with van der Waals surface area (Å²) in [4.78, 5) is 26.7. The van der Waals surface area contributed by atoms with Gasteiger partial charge in [0.1, 0.15) is 0 Å². The number of anilines is 1. The van der Waals surface area contributed by atoms with Crippen molar-refractivity contribution in [1.82, 2.24) is 25.2 Å². The lowest BCUT2D eigenvalue weighted by molar-refractivity contribution is 0.0827. The highest BCUT2D eigenvalue weighted by atomic mass is 16.2. The molecule has 126 valence electrons. The van der Waals surface area contributed by atoms with E-state index in [-0.39, 0.29) is 5.91 Å². The van der Waals surface area contributed by atoms with Crippen LogP contribution in [0.1, 0.15) is 23.2 Å². The van der Waals surface area contributed by atoms with Gasteiger partial charge in [0.2, 0.25) is 5.95 Å². The Hall–Kier alpha value is -2.54. The summed E-state index contributed by atoms with van der Waals surface area (Å²) in [5.74, 6) is 0.524. The van der Waals surface area contributed by atoms with Crippen molar-refractivity contribution in [3.63, 3.8) is 0 Å². The number of hydrogen-bond acceptors (Lipinski definition) is 6. The van der Waals surface area contributed by atoms with Gasteiger partial charge in [-0.05, 0) is 31.5 Å². The van der Waals surface area contributed by atoms with Gasteiger partial charge in [-0.1, -0.05) is 0 Å². The van der Waals surface area contributed by atoms with Gasteiger partial charge >= 0.3 is 0 Å². The van der Waals surface area contributed by atoms with Crippen LogP contribution in [0.3, 0.4) is 0 Å². The number of nitrogens with one attached hydrogen (secondary N) is 2. The van der Waals surface area contributed by atoms with Crippen LogP contribution in [0, 0.1) is 0 Å². The minimum Gasteiger partial charge on any atom is -0.350 e. The van der Waals surface area contributed by atoms with E-state index in [1.54, 1.807) is 32.7 Å². The highest BCUT2D eigenvalue weighted by Gasteiger charge is 2.14. The Labute approximate surface area is 141 Å². The Morgan fingerprint density at radius 2 is 2.25 bits per heavy atom. The number of carbonyl (C=O) groups excluding carboxylic acids is 1. The fourth-order valence-corrected chi connectivity index (χ4v) is 2.70. The van der Waals surface area contributed by atoms with E-state index in [1.807, 2.05) is 12.1 Å². The molecule has 2 N–H and O–H groups in total. The number of pyridine rings is 1. The molecule has 0 spiro atoms. The maximum atomic E-state index is 12.1. The van der Waals surface area contributed by atoms with E-state index in [2.05, 4.69) is 25.6 Å². The molecule has 3 rings (SSSR count). The predicted molar refractivity (Wildman–Crippen MR) is 92.8 cm³/mol. The summed E-state index contributed by atoms with van der Waals surface area (Å²) >= 11 is 0. The van der Waals surface area contributed by atoms with E-state index in [4.69, 9.17) is 0 Å². The molecule has 0 bridgehead atoms. The van der Waals surface area contributed by atoms with E-state index in [0.717, 1.165) is 37.2 Å². The van der Waals surface area contributed by atoms with Crippen molar-refractivity contribution >= 4 is 11.9 Å². The van der Waals surface area contributed by atoms with E-state index in [1.165, 1.54) is 4.90 Å². The molecule has 0 radical (unpaired) electrons. The Bertz CT molecular complexity index is 712. The molecule has 2 aromatic rings. The second-order valence-corrected chi connectivity index (χ2v) is 6.11. The monoisotopic (exact) mass is 326 g/mol. The van der Waals surface area contributed by atoms with Crippen molar-refractivity contribution in [1.29, 1.82) is 0 Å². The normalized spacial score (nSPS) is 17.3. The molecule has 0 saturated carbocycles. The summed E-state index contributed by atoms with van der Waals surface area (Å²) in [6, 6.07) is 3.98. The Kier molecular flexibility index (Phi) is 5.00. The molecule has 1 amide bonds. The first-order valence-corrected chi connectivity index (χ1v) is 8.11. The van der Waals surface area contributed by atoms with Crippen LogP contribution in [0.5, 0.6) is 0 Å². The molecule has 7 nitrogen and oxygen atoms in total. The van der Waals surface area contributed by atoms with Gasteiger partial charge in [-0.3, -0.25) is 9.78 Å². The van der Waals surface area contributed by atoms with Crippen molar-refractivity contribution in [2.75, 3.05) is 32.5 Å². The Morgan fingerprint density at radius 1 is 1.38 bits per heavy atom. The third kappa shape index (κ3) is 3.86. The summed E-state index contributed by atoms with van der Waals surface area (Å²) in [5.41, 5.74) is 2.09. The maximum absolute atomic E-state index is 12.1. The third-order valence-electron chi connectivity index (χ3n) is 3.97. The first-order valence-electron chi connectivity index (χ1n) is 8.11. The SMILES string of the molecule is CN(C)C(=O)c1cncc(-c2ccnc(NC3CCCNC3)n2)c1. The summed E-state index contributed by atoms with van der Waals surface area (Å²) in [6.45, 7) is 1.99. The van der Waals surface area contributed by atoms with E-state index in [9.17, 15) is 4.79 Å². The van der Waals surface area contributed by atoms with Crippen LogP contribution in [0.4, 0.5) is 5.95 Å². The quantitative estimate of drug-likeness (QED) is 0.884. The average molecular weight is 326 g/mol. The highest BCUT2D eigenvalue weighted by Crippen LogP contribution is 2.19. The molecule has 3 heterocycles. The molecule has 7 heteroatoms. The van der Waals surface area contributed by atoms with Crippen LogP contribution in [0.15, 0.2) is 30.7 Å². The summed E-state index contributed by atoms with van der Waals surface area (Å²) < 4.78 is 0. The molecular weight excluding hydrogens is 304 g/mol. The lowest BCUT2D eigenvalue weighted by Crippen LogP contribution is -2.38.